The highest BCUT2D eigenvalue weighted by Crippen LogP contribution is 2.20. The van der Waals surface area contributed by atoms with Gasteiger partial charge in [-0.1, -0.05) is 6.07 Å². The first-order valence-corrected chi connectivity index (χ1v) is 3.57. The molecule has 0 aliphatic rings. The van der Waals surface area contributed by atoms with Crippen molar-refractivity contribution in [2.45, 2.75) is 5.38 Å². The summed E-state index contributed by atoms with van der Waals surface area (Å²) in [7, 11) is 0. The highest BCUT2D eigenvalue weighted by Gasteiger charge is 2.09. The van der Waals surface area contributed by atoms with E-state index in [1.54, 1.807) is 6.07 Å². The summed E-state index contributed by atoms with van der Waals surface area (Å²) in [4.78, 5) is 0. The maximum Gasteiger partial charge on any atom is 0.159 e. The van der Waals surface area contributed by atoms with Crippen LogP contribution in [0, 0.1) is 23.0 Å². The van der Waals surface area contributed by atoms with Gasteiger partial charge in [0.25, 0.3) is 0 Å². The van der Waals surface area contributed by atoms with Crippen molar-refractivity contribution in [2.75, 3.05) is 0 Å². The molecule has 4 heteroatoms. The molecule has 62 valence electrons. The molecule has 0 radical (unpaired) electrons. The molecule has 1 unspecified atom stereocenters. The van der Waals surface area contributed by atoms with Gasteiger partial charge in [-0.25, -0.2) is 8.78 Å². The maximum absolute atomic E-state index is 12.5. The molecule has 0 amide bonds. The summed E-state index contributed by atoms with van der Waals surface area (Å²) in [5, 5.41) is 7.42. The minimum atomic E-state index is -0.992. The predicted octanol–water partition coefficient (Wildman–Crippen LogP) is 2.77. The zero-order valence-corrected chi connectivity index (χ0v) is 6.65. The third kappa shape index (κ3) is 1.72. The topological polar surface area (TPSA) is 23.8 Å². The highest BCUT2D eigenvalue weighted by molar-refractivity contribution is 6.22. The van der Waals surface area contributed by atoms with E-state index in [-0.39, 0.29) is 5.56 Å². The van der Waals surface area contributed by atoms with Crippen LogP contribution in [0.4, 0.5) is 8.78 Å². The summed E-state index contributed by atoms with van der Waals surface area (Å²) in [6.07, 6.45) is 0. The number of rotatable bonds is 1. The van der Waals surface area contributed by atoms with E-state index in [1.165, 1.54) is 6.07 Å². The summed E-state index contributed by atoms with van der Waals surface area (Å²) >= 11 is 5.46. The second kappa shape index (κ2) is 3.51. The van der Waals surface area contributed by atoms with Crippen LogP contribution in [-0.4, -0.2) is 0 Å². The molecule has 0 heterocycles. The Bertz CT molecular complexity index is 332. The van der Waals surface area contributed by atoms with E-state index >= 15 is 0 Å². The molecule has 0 bridgehead atoms. The van der Waals surface area contributed by atoms with Gasteiger partial charge in [-0.05, 0) is 17.7 Å². The van der Waals surface area contributed by atoms with Gasteiger partial charge in [0.15, 0.2) is 11.6 Å². The molecular weight excluding hydrogens is 184 g/mol. The summed E-state index contributed by atoms with van der Waals surface area (Å²) in [5.74, 6) is -1.94. The van der Waals surface area contributed by atoms with Crippen LogP contribution in [-0.2, 0) is 0 Å². The fraction of sp³-hybridized carbons (Fsp3) is 0.125. The second-order valence-electron chi connectivity index (χ2n) is 2.17. The first kappa shape index (κ1) is 8.95. The van der Waals surface area contributed by atoms with E-state index < -0.39 is 17.0 Å². The molecule has 0 spiro atoms. The van der Waals surface area contributed by atoms with E-state index in [4.69, 9.17) is 16.9 Å². The van der Waals surface area contributed by atoms with Gasteiger partial charge in [-0.2, -0.15) is 5.26 Å². The number of alkyl halides is 1. The van der Waals surface area contributed by atoms with Crippen molar-refractivity contribution in [3.8, 4) is 6.07 Å². The van der Waals surface area contributed by atoms with Crippen LogP contribution in [0.15, 0.2) is 18.2 Å². The third-order valence-corrected chi connectivity index (χ3v) is 1.70. The van der Waals surface area contributed by atoms with Crippen LogP contribution in [0.3, 0.4) is 0 Å². The molecule has 0 aliphatic heterocycles. The monoisotopic (exact) mass is 187 g/mol. The average molecular weight is 188 g/mol. The van der Waals surface area contributed by atoms with Gasteiger partial charge in [0.05, 0.1) is 6.07 Å². The lowest BCUT2D eigenvalue weighted by molar-refractivity contribution is 0.507. The van der Waals surface area contributed by atoms with Crippen LogP contribution in [0.2, 0.25) is 0 Å². The molecule has 1 aromatic carbocycles. The quantitative estimate of drug-likeness (QED) is 0.621. The Labute approximate surface area is 73.2 Å². The molecule has 0 aliphatic carbocycles. The van der Waals surface area contributed by atoms with E-state index in [0.717, 1.165) is 12.1 Å². The van der Waals surface area contributed by atoms with Crippen LogP contribution in [0.1, 0.15) is 10.9 Å². The molecule has 0 aromatic heterocycles. The molecule has 0 saturated carbocycles. The van der Waals surface area contributed by atoms with E-state index in [2.05, 4.69) is 0 Å². The van der Waals surface area contributed by atoms with Crippen LogP contribution >= 0.6 is 11.6 Å². The zero-order chi connectivity index (χ0) is 9.14. The van der Waals surface area contributed by atoms with Gasteiger partial charge >= 0.3 is 0 Å². The van der Waals surface area contributed by atoms with Crippen molar-refractivity contribution < 1.29 is 8.78 Å². The van der Waals surface area contributed by atoms with Gasteiger partial charge in [-0.3, -0.25) is 0 Å². The smallest absolute Gasteiger partial charge is 0.159 e. The zero-order valence-electron chi connectivity index (χ0n) is 5.89. The van der Waals surface area contributed by atoms with Crippen molar-refractivity contribution in [3.63, 3.8) is 0 Å². The standard InChI is InChI=1S/C8H4ClF2N/c9-6(4-12)5-1-2-7(10)8(11)3-5/h1-3,6H. The van der Waals surface area contributed by atoms with Crippen molar-refractivity contribution in [2.24, 2.45) is 0 Å². The predicted molar refractivity (Wildman–Crippen MR) is 40.6 cm³/mol. The van der Waals surface area contributed by atoms with Crippen molar-refractivity contribution in [3.05, 3.63) is 35.4 Å². The van der Waals surface area contributed by atoms with Crippen molar-refractivity contribution in [1.82, 2.24) is 0 Å². The van der Waals surface area contributed by atoms with Crippen molar-refractivity contribution >= 4 is 11.6 Å². The van der Waals surface area contributed by atoms with Crippen LogP contribution < -0.4 is 0 Å². The Morgan fingerprint density at radius 3 is 2.50 bits per heavy atom. The minimum absolute atomic E-state index is 0.262. The van der Waals surface area contributed by atoms with Gasteiger partial charge in [0.2, 0.25) is 0 Å². The van der Waals surface area contributed by atoms with Gasteiger partial charge in [-0.15, -0.1) is 11.6 Å². The SMILES string of the molecule is N#CC(Cl)c1ccc(F)c(F)c1. The molecule has 1 atom stereocenters. The summed E-state index contributed by atoms with van der Waals surface area (Å²) < 4.78 is 24.9. The third-order valence-electron chi connectivity index (χ3n) is 1.35. The fourth-order valence-corrected chi connectivity index (χ4v) is 0.880. The molecule has 0 fully saturated rings. The first-order valence-electron chi connectivity index (χ1n) is 3.14. The summed E-state index contributed by atoms with van der Waals surface area (Å²) in [5.41, 5.74) is 0.262. The largest absolute Gasteiger partial charge is 0.204 e. The van der Waals surface area contributed by atoms with Gasteiger partial charge < -0.3 is 0 Å². The molecule has 0 N–H and O–H groups in total. The average Bonchev–Trinajstić information content (AvgIpc) is 2.08. The fourth-order valence-electron chi connectivity index (χ4n) is 0.745. The van der Waals surface area contributed by atoms with E-state index in [1.807, 2.05) is 0 Å². The second-order valence-corrected chi connectivity index (χ2v) is 2.60. The molecule has 1 nitrogen and oxygen atoms in total. The van der Waals surface area contributed by atoms with Crippen molar-refractivity contribution in [1.29, 1.82) is 5.26 Å². The minimum Gasteiger partial charge on any atom is -0.204 e. The Balaban J connectivity index is 3.06. The van der Waals surface area contributed by atoms with Gasteiger partial charge in [0, 0.05) is 0 Å². The Morgan fingerprint density at radius 2 is 2.00 bits per heavy atom. The van der Waals surface area contributed by atoms with Crippen LogP contribution in [0.5, 0.6) is 0 Å². The number of hydrogen-bond acceptors (Lipinski definition) is 1. The van der Waals surface area contributed by atoms with E-state index in [0.29, 0.717) is 0 Å². The Morgan fingerprint density at radius 1 is 1.33 bits per heavy atom. The lowest BCUT2D eigenvalue weighted by atomic mass is 10.1. The summed E-state index contributed by atoms with van der Waals surface area (Å²) in [6.45, 7) is 0. The molecule has 1 aromatic rings. The molecular formula is C8H4ClF2N. The number of benzene rings is 1. The van der Waals surface area contributed by atoms with Crippen LogP contribution in [0.25, 0.3) is 0 Å². The van der Waals surface area contributed by atoms with E-state index in [9.17, 15) is 8.78 Å². The maximum atomic E-state index is 12.5. The van der Waals surface area contributed by atoms with Gasteiger partial charge in [0.1, 0.15) is 5.38 Å². The Hall–Kier alpha value is -1.14. The molecule has 0 saturated heterocycles. The number of nitrogens with zero attached hydrogens (tertiary/aromatic N) is 1. The first-order chi connectivity index (χ1) is 5.65. The number of nitriles is 1. The number of halogens is 3. The number of hydrogen-bond donors (Lipinski definition) is 0. The molecule has 1 rings (SSSR count). The normalized spacial score (nSPS) is 12.2. The summed E-state index contributed by atoms with van der Waals surface area (Å²) in [6, 6.07) is 4.84. The lowest BCUT2D eigenvalue weighted by Crippen LogP contribution is -1.90. The Kier molecular flexibility index (Phi) is 2.61. The highest BCUT2D eigenvalue weighted by atomic mass is 35.5. The lowest BCUT2D eigenvalue weighted by Gasteiger charge is -2.00. The molecule has 12 heavy (non-hydrogen) atoms.